The molecule has 0 saturated carbocycles. The van der Waals surface area contributed by atoms with Gasteiger partial charge in [-0.15, -0.1) is 0 Å². The number of hydrogen-bond donors (Lipinski definition) is 1. The number of furan rings is 1. The molecule has 0 atom stereocenters. The lowest BCUT2D eigenvalue weighted by Crippen LogP contribution is -2.16. The highest BCUT2D eigenvalue weighted by molar-refractivity contribution is 6.07. The number of amides is 1. The summed E-state index contributed by atoms with van der Waals surface area (Å²) in [7, 11) is 2.93. The van der Waals surface area contributed by atoms with Gasteiger partial charge in [0.1, 0.15) is 0 Å². The zero-order valence-electron chi connectivity index (χ0n) is 14.5. The maximum Gasteiger partial charge on any atom is 0.340 e. The zero-order valence-corrected chi connectivity index (χ0v) is 14.5. The first-order valence-corrected chi connectivity index (χ1v) is 7.88. The molecule has 25 heavy (non-hydrogen) atoms. The Balaban J connectivity index is 2.33. The molecule has 0 aliphatic carbocycles. The van der Waals surface area contributed by atoms with Crippen LogP contribution in [0.3, 0.4) is 0 Å². The summed E-state index contributed by atoms with van der Waals surface area (Å²) < 4.78 is 20.8. The van der Waals surface area contributed by atoms with Crippen molar-refractivity contribution in [1.82, 2.24) is 0 Å². The van der Waals surface area contributed by atoms with Crippen LogP contribution in [0.5, 0.6) is 11.5 Å². The summed E-state index contributed by atoms with van der Waals surface area (Å²) in [6, 6.07) is 6.11. The molecule has 1 heterocycles. The fourth-order valence-electron chi connectivity index (χ4n) is 2.13. The minimum absolute atomic E-state index is 0.125. The number of benzene rings is 1. The summed E-state index contributed by atoms with van der Waals surface area (Å²) in [5.74, 6) is -0.174. The second kappa shape index (κ2) is 8.77. The van der Waals surface area contributed by atoms with Crippen molar-refractivity contribution in [3.8, 4) is 11.5 Å². The van der Waals surface area contributed by atoms with Gasteiger partial charge in [-0.3, -0.25) is 4.79 Å². The highest BCUT2D eigenvalue weighted by atomic mass is 16.5. The number of esters is 1. The number of nitrogens with one attached hydrogen (secondary N) is 1. The molecular weight excluding hydrogens is 326 g/mol. The smallest absolute Gasteiger partial charge is 0.340 e. The van der Waals surface area contributed by atoms with Crippen molar-refractivity contribution in [2.75, 3.05) is 26.1 Å². The molecule has 1 aromatic heterocycles. The summed E-state index contributed by atoms with van der Waals surface area (Å²) in [5, 5.41) is 2.64. The average molecular weight is 347 g/mol. The van der Waals surface area contributed by atoms with Gasteiger partial charge in [0.25, 0.3) is 5.91 Å². The van der Waals surface area contributed by atoms with Crippen LogP contribution in [0.15, 0.2) is 34.9 Å². The van der Waals surface area contributed by atoms with Crippen LogP contribution in [-0.4, -0.2) is 32.7 Å². The third kappa shape index (κ3) is 4.53. The Hall–Kier alpha value is -2.96. The summed E-state index contributed by atoms with van der Waals surface area (Å²) in [6.07, 6.45) is 3.05. The number of anilines is 1. The van der Waals surface area contributed by atoms with Crippen LogP contribution < -0.4 is 14.8 Å². The lowest BCUT2D eigenvalue weighted by atomic mass is 10.1. The molecule has 0 aliphatic rings. The van der Waals surface area contributed by atoms with Crippen molar-refractivity contribution < 1.29 is 28.2 Å². The van der Waals surface area contributed by atoms with Crippen LogP contribution in [-0.2, 0) is 4.74 Å². The molecule has 0 radical (unpaired) electrons. The normalized spacial score (nSPS) is 10.2. The molecule has 0 spiro atoms. The highest BCUT2D eigenvalue weighted by Crippen LogP contribution is 2.34. The maximum atomic E-state index is 12.4. The van der Waals surface area contributed by atoms with Gasteiger partial charge in [-0.05, 0) is 18.6 Å². The summed E-state index contributed by atoms with van der Waals surface area (Å²) >= 11 is 0. The second-order valence-corrected chi connectivity index (χ2v) is 5.17. The molecule has 2 aromatic rings. The molecule has 2 rings (SSSR count). The quantitative estimate of drug-likeness (QED) is 0.581. The van der Waals surface area contributed by atoms with Crippen molar-refractivity contribution >= 4 is 17.6 Å². The van der Waals surface area contributed by atoms with E-state index in [-0.39, 0.29) is 17.0 Å². The third-order valence-corrected chi connectivity index (χ3v) is 3.47. The molecule has 0 saturated heterocycles. The highest BCUT2D eigenvalue weighted by Gasteiger charge is 2.21. The molecule has 1 aromatic carbocycles. The van der Waals surface area contributed by atoms with E-state index in [9.17, 15) is 9.59 Å². The minimum Gasteiger partial charge on any atom is -0.493 e. The van der Waals surface area contributed by atoms with E-state index in [1.807, 2.05) is 6.92 Å². The van der Waals surface area contributed by atoms with Crippen molar-refractivity contribution in [1.29, 1.82) is 0 Å². The number of rotatable bonds is 8. The Bertz CT molecular complexity index is 723. The van der Waals surface area contributed by atoms with Crippen LogP contribution in [0.2, 0.25) is 0 Å². The predicted octanol–water partition coefficient (Wildman–Crippen LogP) is 3.51. The van der Waals surface area contributed by atoms with Gasteiger partial charge in [-0.1, -0.05) is 13.3 Å². The van der Waals surface area contributed by atoms with Gasteiger partial charge in [0.05, 0.1) is 38.3 Å². The molecule has 0 unspecified atom stereocenters. The number of carbonyl (C=O) groups excluding carboxylic acids is 2. The van der Waals surface area contributed by atoms with Crippen LogP contribution in [0, 0.1) is 0 Å². The van der Waals surface area contributed by atoms with E-state index in [1.54, 1.807) is 6.07 Å². The Kier molecular flexibility index (Phi) is 6.45. The van der Waals surface area contributed by atoms with Crippen LogP contribution in [0.4, 0.5) is 5.69 Å². The van der Waals surface area contributed by atoms with Gasteiger partial charge in [-0.25, -0.2) is 4.79 Å². The lowest BCUT2D eigenvalue weighted by molar-refractivity contribution is 0.0500. The first-order chi connectivity index (χ1) is 12.1. The number of methoxy groups -OCH3 is 2. The molecule has 7 heteroatoms. The Morgan fingerprint density at radius 2 is 1.88 bits per heavy atom. The fourth-order valence-corrected chi connectivity index (χ4v) is 2.13. The summed E-state index contributed by atoms with van der Waals surface area (Å²) in [6.45, 7) is 2.30. The average Bonchev–Trinajstić information content (AvgIpc) is 3.16. The standard InChI is InChI=1S/C18H21NO6/c1-4-5-8-25-18(21)12-10-15(22-2)16(23-3)11-13(12)19-17(20)14-7-6-9-24-14/h6-7,9-11H,4-5,8H2,1-3H3,(H,19,20). The molecule has 0 aliphatic heterocycles. The van der Waals surface area contributed by atoms with Gasteiger partial charge in [0.2, 0.25) is 0 Å². The van der Waals surface area contributed by atoms with Crippen molar-refractivity contribution in [2.45, 2.75) is 19.8 Å². The Morgan fingerprint density at radius 3 is 2.48 bits per heavy atom. The molecule has 0 fully saturated rings. The first-order valence-electron chi connectivity index (χ1n) is 7.88. The third-order valence-electron chi connectivity index (χ3n) is 3.47. The second-order valence-electron chi connectivity index (χ2n) is 5.17. The lowest BCUT2D eigenvalue weighted by Gasteiger charge is -2.15. The van der Waals surface area contributed by atoms with E-state index in [0.29, 0.717) is 18.1 Å². The SMILES string of the molecule is CCCCOC(=O)c1cc(OC)c(OC)cc1NC(=O)c1ccco1. The predicted molar refractivity (Wildman–Crippen MR) is 91.4 cm³/mol. The van der Waals surface area contributed by atoms with Crippen molar-refractivity contribution in [3.63, 3.8) is 0 Å². The Morgan fingerprint density at radius 1 is 1.16 bits per heavy atom. The molecule has 1 N–H and O–H groups in total. The molecule has 0 bridgehead atoms. The molecular formula is C18H21NO6. The minimum atomic E-state index is -0.552. The molecule has 7 nitrogen and oxygen atoms in total. The topological polar surface area (TPSA) is 87.0 Å². The molecule has 134 valence electrons. The summed E-state index contributed by atoms with van der Waals surface area (Å²) in [4.78, 5) is 24.6. The van der Waals surface area contributed by atoms with Gasteiger partial charge in [-0.2, -0.15) is 0 Å². The monoisotopic (exact) mass is 347 g/mol. The maximum absolute atomic E-state index is 12.4. The molecule has 1 amide bonds. The largest absolute Gasteiger partial charge is 0.493 e. The van der Waals surface area contributed by atoms with Gasteiger partial charge >= 0.3 is 5.97 Å². The van der Waals surface area contributed by atoms with E-state index in [1.165, 1.54) is 38.7 Å². The van der Waals surface area contributed by atoms with Gasteiger partial charge < -0.3 is 23.9 Å². The van der Waals surface area contributed by atoms with Crippen LogP contribution in [0.1, 0.15) is 40.7 Å². The van der Waals surface area contributed by atoms with Gasteiger partial charge in [0.15, 0.2) is 17.3 Å². The van der Waals surface area contributed by atoms with E-state index >= 15 is 0 Å². The van der Waals surface area contributed by atoms with Crippen LogP contribution >= 0.6 is 0 Å². The van der Waals surface area contributed by atoms with Crippen LogP contribution in [0.25, 0.3) is 0 Å². The van der Waals surface area contributed by atoms with Crippen molar-refractivity contribution in [2.24, 2.45) is 0 Å². The first kappa shape index (κ1) is 18.4. The van der Waals surface area contributed by atoms with Gasteiger partial charge in [0, 0.05) is 12.1 Å². The summed E-state index contributed by atoms with van der Waals surface area (Å²) in [5.41, 5.74) is 0.425. The number of carbonyl (C=O) groups is 2. The van der Waals surface area contributed by atoms with E-state index in [0.717, 1.165) is 12.8 Å². The van der Waals surface area contributed by atoms with E-state index in [4.69, 9.17) is 18.6 Å². The number of unbranched alkanes of at least 4 members (excludes halogenated alkanes) is 1. The number of hydrogen-bond acceptors (Lipinski definition) is 6. The Labute approximate surface area is 145 Å². The fraction of sp³-hybridized carbons (Fsp3) is 0.333. The van der Waals surface area contributed by atoms with Crippen molar-refractivity contribution in [3.05, 3.63) is 41.9 Å². The number of ether oxygens (including phenoxy) is 3. The van der Waals surface area contributed by atoms with E-state index < -0.39 is 11.9 Å². The zero-order chi connectivity index (χ0) is 18.2. The van der Waals surface area contributed by atoms with E-state index in [2.05, 4.69) is 5.32 Å².